The molecule has 0 bridgehead atoms. The van der Waals surface area contributed by atoms with Crippen LogP contribution in [-0.2, 0) is 35.5 Å². The van der Waals surface area contributed by atoms with E-state index in [-0.39, 0.29) is 24.2 Å². The molecule has 0 spiro atoms. The quantitative estimate of drug-likeness (QED) is 0.211. The Bertz CT molecular complexity index is 1280. The first kappa shape index (κ1) is 26.0. The zero-order chi connectivity index (χ0) is 25.7. The van der Waals surface area contributed by atoms with Gasteiger partial charge in [-0.1, -0.05) is 30.0 Å². The second kappa shape index (κ2) is 11.7. The number of aryl methyl sites for hydroxylation is 2. The number of nitrogens with zero attached hydrogens (tertiary/aromatic N) is 3. The van der Waals surface area contributed by atoms with Crippen molar-refractivity contribution in [3.8, 4) is 5.75 Å². The lowest BCUT2D eigenvalue weighted by Crippen LogP contribution is -2.17. The van der Waals surface area contributed by atoms with Crippen molar-refractivity contribution < 1.29 is 19.1 Å². The van der Waals surface area contributed by atoms with Gasteiger partial charge >= 0.3 is 5.97 Å². The number of anilines is 1. The van der Waals surface area contributed by atoms with Gasteiger partial charge in [0.1, 0.15) is 17.4 Å². The van der Waals surface area contributed by atoms with Gasteiger partial charge in [0.15, 0.2) is 11.0 Å². The van der Waals surface area contributed by atoms with Crippen molar-refractivity contribution >= 4 is 40.0 Å². The maximum Gasteiger partial charge on any atom is 0.341 e. The van der Waals surface area contributed by atoms with Crippen molar-refractivity contribution in [2.75, 3.05) is 17.7 Å². The highest BCUT2D eigenvalue weighted by Crippen LogP contribution is 2.39. The van der Waals surface area contributed by atoms with Crippen LogP contribution < -0.4 is 10.1 Å². The Labute approximate surface area is 219 Å². The van der Waals surface area contributed by atoms with E-state index in [1.807, 2.05) is 36.6 Å². The number of carbonyl (C=O) groups excluding carboxylic acids is 2. The number of thiophene rings is 1. The molecule has 1 N–H and O–H groups in total. The summed E-state index contributed by atoms with van der Waals surface area (Å²) in [6, 6.07) is 5.94. The number of carbonyl (C=O) groups is 2. The number of allylic oxidation sites excluding steroid dienone is 1. The maximum absolute atomic E-state index is 12.8. The van der Waals surface area contributed by atoms with E-state index >= 15 is 0 Å². The highest BCUT2D eigenvalue weighted by atomic mass is 32.2. The number of aromatic nitrogens is 3. The first-order valence-corrected chi connectivity index (χ1v) is 13.7. The first-order chi connectivity index (χ1) is 17.4. The predicted molar refractivity (Wildman–Crippen MR) is 142 cm³/mol. The van der Waals surface area contributed by atoms with Gasteiger partial charge in [0.25, 0.3) is 0 Å². The molecule has 190 valence electrons. The maximum atomic E-state index is 12.8. The summed E-state index contributed by atoms with van der Waals surface area (Å²) in [4.78, 5) is 26.5. The molecule has 8 nitrogen and oxygen atoms in total. The molecule has 3 aromatic rings. The Kier molecular flexibility index (Phi) is 8.48. The molecule has 1 amide bonds. The summed E-state index contributed by atoms with van der Waals surface area (Å²) >= 11 is 2.75. The van der Waals surface area contributed by atoms with Gasteiger partial charge in [0.05, 0.1) is 17.9 Å². The lowest BCUT2D eigenvalue weighted by Gasteiger charge is -2.12. The fourth-order valence-corrected chi connectivity index (χ4v) is 6.13. The minimum absolute atomic E-state index is 0.123. The van der Waals surface area contributed by atoms with Crippen LogP contribution in [0.25, 0.3) is 0 Å². The van der Waals surface area contributed by atoms with E-state index < -0.39 is 0 Å². The van der Waals surface area contributed by atoms with Crippen LogP contribution in [0.2, 0.25) is 0 Å². The molecule has 0 aliphatic heterocycles. The van der Waals surface area contributed by atoms with Crippen LogP contribution >= 0.6 is 23.1 Å². The van der Waals surface area contributed by atoms with E-state index in [0.29, 0.717) is 34.7 Å². The van der Waals surface area contributed by atoms with E-state index in [4.69, 9.17) is 9.47 Å². The van der Waals surface area contributed by atoms with Gasteiger partial charge in [-0.3, -0.25) is 9.36 Å². The predicted octanol–water partition coefficient (Wildman–Crippen LogP) is 5.12. The minimum Gasteiger partial charge on any atom is -0.485 e. The SMILES string of the molecule is C=CCn1c(COc2cccc(C)c2C)nnc1SCC(=O)Nc1sc2c(c1C(=O)OCC)CCC2. The van der Waals surface area contributed by atoms with Gasteiger partial charge in [-0.05, 0) is 62.8 Å². The second-order valence-corrected chi connectivity index (χ2v) is 10.5. The van der Waals surface area contributed by atoms with Crippen LogP contribution in [-0.4, -0.2) is 39.0 Å². The molecule has 2 heterocycles. The van der Waals surface area contributed by atoms with Crippen molar-refractivity contribution in [1.82, 2.24) is 14.8 Å². The Hall–Kier alpha value is -3.11. The molecule has 0 saturated heterocycles. The smallest absolute Gasteiger partial charge is 0.341 e. The molecule has 2 aromatic heterocycles. The van der Waals surface area contributed by atoms with Crippen LogP contribution in [0.15, 0.2) is 36.0 Å². The third-order valence-electron chi connectivity index (χ3n) is 6.00. The highest BCUT2D eigenvalue weighted by Gasteiger charge is 2.28. The molecule has 36 heavy (non-hydrogen) atoms. The Balaban J connectivity index is 1.42. The number of hydrogen-bond acceptors (Lipinski definition) is 8. The van der Waals surface area contributed by atoms with Gasteiger partial charge in [0, 0.05) is 11.4 Å². The highest BCUT2D eigenvalue weighted by molar-refractivity contribution is 7.99. The average molecular weight is 527 g/mol. The van der Waals surface area contributed by atoms with Crippen LogP contribution in [0.1, 0.15) is 51.1 Å². The number of rotatable bonds is 11. The monoisotopic (exact) mass is 526 g/mol. The third-order valence-corrected chi connectivity index (χ3v) is 8.18. The van der Waals surface area contributed by atoms with E-state index in [0.717, 1.165) is 46.6 Å². The number of nitrogens with one attached hydrogen (secondary N) is 1. The van der Waals surface area contributed by atoms with Crippen molar-refractivity contribution in [1.29, 1.82) is 0 Å². The molecule has 1 aliphatic rings. The molecule has 1 aromatic carbocycles. The fourth-order valence-electron chi connectivity index (χ4n) is 4.07. The van der Waals surface area contributed by atoms with E-state index in [2.05, 4.69) is 22.1 Å². The van der Waals surface area contributed by atoms with Gasteiger partial charge in [-0.2, -0.15) is 0 Å². The zero-order valence-corrected chi connectivity index (χ0v) is 22.4. The number of thioether (sulfide) groups is 1. The number of amides is 1. The van der Waals surface area contributed by atoms with Crippen LogP contribution in [0, 0.1) is 13.8 Å². The summed E-state index contributed by atoms with van der Waals surface area (Å²) < 4.78 is 13.1. The van der Waals surface area contributed by atoms with Gasteiger partial charge in [0.2, 0.25) is 5.91 Å². The molecular formula is C26H30N4O4S2. The van der Waals surface area contributed by atoms with Crippen molar-refractivity contribution in [3.63, 3.8) is 0 Å². The van der Waals surface area contributed by atoms with Crippen LogP contribution in [0.4, 0.5) is 5.00 Å². The summed E-state index contributed by atoms with van der Waals surface area (Å²) in [6.45, 7) is 10.7. The van der Waals surface area contributed by atoms with Crippen LogP contribution in [0.5, 0.6) is 5.75 Å². The normalized spacial score (nSPS) is 12.3. The number of ether oxygens (including phenoxy) is 2. The van der Waals surface area contributed by atoms with Crippen molar-refractivity contribution in [3.05, 3.63) is 63.8 Å². The van der Waals surface area contributed by atoms with E-state index in [1.165, 1.54) is 23.1 Å². The number of fused-ring (bicyclic) bond motifs is 1. The average Bonchev–Trinajstić information content (AvgIpc) is 3.54. The Morgan fingerprint density at radius 1 is 1.28 bits per heavy atom. The summed E-state index contributed by atoms with van der Waals surface area (Å²) in [5.74, 6) is 0.985. The minimum atomic E-state index is -0.376. The van der Waals surface area contributed by atoms with Crippen molar-refractivity contribution in [2.45, 2.75) is 58.3 Å². The van der Waals surface area contributed by atoms with E-state index in [9.17, 15) is 9.59 Å². The number of esters is 1. The summed E-state index contributed by atoms with van der Waals surface area (Å²) in [6.07, 6.45) is 4.54. The summed E-state index contributed by atoms with van der Waals surface area (Å²) in [5, 5.41) is 12.6. The standard InChI is InChI=1S/C26H30N4O4S2/c1-5-13-30-21(14-34-19-11-7-9-16(3)17(19)4)28-29-26(30)35-15-22(31)27-24-23(25(32)33-6-2)18-10-8-12-20(18)36-24/h5,7,9,11H,1,6,8,10,12-15H2,2-4H3,(H,27,31). The zero-order valence-electron chi connectivity index (χ0n) is 20.8. The molecule has 0 atom stereocenters. The van der Waals surface area contributed by atoms with E-state index in [1.54, 1.807) is 13.0 Å². The summed E-state index contributed by atoms with van der Waals surface area (Å²) in [7, 11) is 0. The molecule has 0 saturated carbocycles. The van der Waals surface area contributed by atoms with Crippen molar-refractivity contribution in [2.24, 2.45) is 0 Å². The molecular weight excluding hydrogens is 496 g/mol. The molecule has 10 heteroatoms. The molecule has 0 radical (unpaired) electrons. The molecule has 0 unspecified atom stereocenters. The second-order valence-electron chi connectivity index (χ2n) is 8.40. The lowest BCUT2D eigenvalue weighted by atomic mass is 10.1. The Morgan fingerprint density at radius 2 is 2.11 bits per heavy atom. The van der Waals surface area contributed by atoms with Crippen LogP contribution in [0.3, 0.4) is 0 Å². The lowest BCUT2D eigenvalue weighted by molar-refractivity contribution is -0.113. The third kappa shape index (κ3) is 5.65. The topological polar surface area (TPSA) is 95.3 Å². The Morgan fingerprint density at radius 3 is 2.89 bits per heavy atom. The largest absolute Gasteiger partial charge is 0.485 e. The molecule has 0 fully saturated rings. The first-order valence-electron chi connectivity index (χ1n) is 11.9. The molecule has 1 aliphatic carbocycles. The summed E-state index contributed by atoms with van der Waals surface area (Å²) in [5.41, 5.74) is 3.76. The number of hydrogen-bond donors (Lipinski definition) is 1. The van der Waals surface area contributed by atoms with Gasteiger partial charge < -0.3 is 14.8 Å². The fraction of sp³-hybridized carbons (Fsp3) is 0.385. The van der Waals surface area contributed by atoms with Gasteiger partial charge in [-0.25, -0.2) is 4.79 Å². The van der Waals surface area contributed by atoms with Gasteiger partial charge in [-0.15, -0.1) is 28.1 Å². The molecule has 4 rings (SSSR count). The number of benzene rings is 1.